The molecule has 0 radical (unpaired) electrons. The van der Waals surface area contributed by atoms with E-state index in [1.54, 1.807) is 0 Å². The number of para-hydroxylation sites is 3. The second-order valence-corrected chi connectivity index (χ2v) is 6.09. The Balaban J connectivity index is 1.60. The maximum Gasteiger partial charge on any atom is 0.262 e. The van der Waals surface area contributed by atoms with Crippen molar-refractivity contribution in [3.63, 3.8) is 0 Å². The molecule has 0 aromatic heterocycles. The summed E-state index contributed by atoms with van der Waals surface area (Å²) in [7, 11) is 0. The summed E-state index contributed by atoms with van der Waals surface area (Å²) in [6.45, 7) is 7.33. The normalized spacial score (nSPS) is 15.0. The van der Waals surface area contributed by atoms with E-state index in [1.165, 1.54) is 0 Å². The molecule has 132 valence electrons. The van der Waals surface area contributed by atoms with E-state index in [0.717, 1.165) is 44.1 Å². The Labute approximate surface area is 149 Å². The van der Waals surface area contributed by atoms with Crippen molar-refractivity contribution in [2.75, 3.05) is 49.5 Å². The van der Waals surface area contributed by atoms with Crippen molar-refractivity contribution in [1.82, 2.24) is 4.90 Å². The van der Waals surface area contributed by atoms with E-state index in [0.29, 0.717) is 5.75 Å². The van der Waals surface area contributed by atoms with Crippen LogP contribution in [0.15, 0.2) is 54.6 Å². The molecule has 1 heterocycles. The molecule has 1 N–H and O–H groups in total. The fraction of sp³-hybridized carbons (Fsp3) is 0.350. The lowest BCUT2D eigenvalue weighted by atomic mass is 10.2. The third kappa shape index (κ3) is 4.73. The minimum absolute atomic E-state index is 0.00194. The van der Waals surface area contributed by atoms with Crippen molar-refractivity contribution < 1.29 is 9.53 Å². The summed E-state index contributed by atoms with van der Waals surface area (Å²) < 4.78 is 5.52. The molecular formula is C20H25N3O2. The fourth-order valence-corrected chi connectivity index (χ4v) is 3.01. The van der Waals surface area contributed by atoms with Crippen molar-refractivity contribution >= 4 is 17.3 Å². The summed E-state index contributed by atoms with van der Waals surface area (Å²) in [5.41, 5.74) is 1.92. The highest BCUT2D eigenvalue weighted by Crippen LogP contribution is 2.26. The number of nitrogens with zero attached hydrogens (tertiary/aromatic N) is 2. The maximum absolute atomic E-state index is 12.3. The van der Waals surface area contributed by atoms with Gasteiger partial charge in [0.2, 0.25) is 0 Å². The van der Waals surface area contributed by atoms with Crippen LogP contribution in [-0.4, -0.2) is 50.1 Å². The smallest absolute Gasteiger partial charge is 0.262 e. The molecule has 1 aliphatic heterocycles. The molecule has 0 atom stereocenters. The van der Waals surface area contributed by atoms with E-state index in [1.807, 2.05) is 48.5 Å². The Morgan fingerprint density at radius 2 is 1.68 bits per heavy atom. The van der Waals surface area contributed by atoms with Crippen molar-refractivity contribution in [2.24, 2.45) is 0 Å². The van der Waals surface area contributed by atoms with Gasteiger partial charge in [-0.25, -0.2) is 0 Å². The van der Waals surface area contributed by atoms with Crippen LogP contribution in [0, 0.1) is 0 Å². The molecule has 25 heavy (non-hydrogen) atoms. The zero-order chi connectivity index (χ0) is 17.5. The van der Waals surface area contributed by atoms with Gasteiger partial charge in [-0.15, -0.1) is 0 Å². The standard InChI is InChI=1S/C20H25N3O2/c1-2-22-12-14-23(15-13-22)19-11-7-6-10-18(19)21-20(24)16-25-17-8-4-3-5-9-17/h3-11H,2,12-16H2,1H3,(H,21,24). The summed E-state index contributed by atoms with van der Waals surface area (Å²) in [4.78, 5) is 17.0. The molecule has 1 amide bonds. The van der Waals surface area contributed by atoms with Gasteiger partial charge in [0, 0.05) is 26.2 Å². The molecule has 1 aliphatic rings. The average molecular weight is 339 g/mol. The van der Waals surface area contributed by atoms with E-state index in [-0.39, 0.29) is 12.5 Å². The number of hydrogen-bond acceptors (Lipinski definition) is 4. The van der Waals surface area contributed by atoms with Gasteiger partial charge in [0.1, 0.15) is 5.75 Å². The van der Waals surface area contributed by atoms with Crippen LogP contribution in [-0.2, 0) is 4.79 Å². The number of carbonyl (C=O) groups is 1. The molecular weight excluding hydrogens is 314 g/mol. The Kier molecular flexibility index (Phi) is 5.90. The number of likely N-dealkylation sites (N-methyl/N-ethyl adjacent to an activating group) is 1. The number of rotatable bonds is 6. The molecule has 0 saturated carbocycles. The molecule has 1 fully saturated rings. The van der Waals surface area contributed by atoms with Gasteiger partial charge in [0.05, 0.1) is 11.4 Å². The van der Waals surface area contributed by atoms with Gasteiger partial charge in [-0.05, 0) is 30.8 Å². The zero-order valence-electron chi connectivity index (χ0n) is 14.6. The van der Waals surface area contributed by atoms with Crippen molar-refractivity contribution in [3.05, 3.63) is 54.6 Å². The monoisotopic (exact) mass is 339 g/mol. The van der Waals surface area contributed by atoms with Crippen LogP contribution < -0.4 is 15.0 Å². The van der Waals surface area contributed by atoms with E-state index >= 15 is 0 Å². The number of piperazine rings is 1. The molecule has 0 aliphatic carbocycles. The van der Waals surface area contributed by atoms with Crippen LogP contribution in [0.2, 0.25) is 0 Å². The summed E-state index contributed by atoms with van der Waals surface area (Å²) in [5.74, 6) is 0.546. The topological polar surface area (TPSA) is 44.8 Å². The lowest BCUT2D eigenvalue weighted by molar-refractivity contribution is -0.118. The molecule has 5 heteroatoms. The number of amides is 1. The number of anilines is 2. The van der Waals surface area contributed by atoms with E-state index in [4.69, 9.17) is 4.74 Å². The van der Waals surface area contributed by atoms with E-state index < -0.39 is 0 Å². The quantitative estimate of drug-likeness (QED) is 0.879. The number of benzene rings is 2. The Hall–Kier alpha value is -2.53. The second kappa shape index (κ2) is 8.53. The summed E-state index contributed by atoms with van der Waals surface area (Å²) in [5, 5.41) is 2.98. The van der Waals surface area contributed by atoms with Gasteiger partial charge in [-0.2, -0.15) is 0 Å². The largest absolute Gasteiger partial charge is 0.484 e. The minimum Gasteiger partial charge on any atom is -0.484 e. The van der Waals surface area contributed by atoms with E-state index in [9.17, 15) is 4.79 Å². The van der Waals surface area contributed by atoms with Crippen molar-refractivity contribution in [1.29, 1.82) is 0 Å². The first-order valence-corrected chi connectivity index (χ1v) is 8.80. The van der Waals surface area contributed by atoms with Crippen LogP contribution in [0.4, 0.5) is 11.4 Å². The molecule has 0 spiro atoms. The average Bonchev–Trinajstić information content (AvgIpc) is 2.68. The van der Waals surface area contributed by atoms with Crippen molar-refractivity contribution in [2.45, 2.75) is 6.92 Å². The van der Waals surface area contributed by atoms with Gasteiger partial charge in [0.15, 0.2) is 6.61 Å². The molecule has 0 bridgehead atoms. The summed E-state index contributed by atoms with van der Waals surface area (Å²) in [6, 6.07) is 17.3. The number of carbonyl (C=O) groups excluding carboxylic acids is 1. The SMILES string of the molecule is CCN1CCN(c2ccccc2NC(=O)COc2ccccc2)CC1. The molecule has 5 nitrogen and oxygen atoms in total. The van der Waals surface area contributed by atoms with Gasteiger partial charge < -0.3 is 19.9 Å². The van der Waals surface area contributed by atoms with E-state index in [2.05, 4.69) is 28.1 Å². The lowest BCUT2D eigenvalue weighted by Crippen LogP contribution is -2.46. The predicted octanol–water partition coefficient (Wildman–Crippen LogP) is 2.85. The Morgan fingerprint density at radius 3 is 2.40 bits per heavy atom. The first kappa shape index (κ1) is 17.3. The number of nitrogens with one attached hydrogen (secondary N) is 1. The number of ether oxygens (including phenoxy) is 1. The van der Waals surface area contributed by atoms with Crippen LogP contribution in [0.1, 0.15) is 6.92 Å². The highest BCUT2D eigenvalue weighted by molar-refractivity contribution is 5.95. The first-order valence-electron chi connectivity index (χ1n) is 8.80. The van der Waals surface area contributed by atoms with Crippen LogP contribution in [0.3, 0.4) is 0 Å². The summed E-state index contributed by atoms with van der Waals surface area (Å²) in [6.07, 6.45) is 0. The van der Waals surface area contributed by atoms with Gasteiger partial charge in [-0.3, -0.25) is 4.79 Å². The van der Waals surface area contributed by atoms with Crippen molar-refractivity contribution in [3.8, 4) is 5.75 Å². The molecule has 2 aromatic carbocycles. The lowest BCUT2D eigenvalue weighted by Gasteiger charge is -2.36. The second-order valence-electron chi connectivity index (χ2n) is 6.09. The van der Waals surface area contributed by atoms with Crippen LogP contribution in [0.5, 0.6) is 5.75 Å². The number of hydrogen-bond donors (Lipinski definition) is 1. The highest BCUT2D eigenvalue weighted by Gasteiger charge is 2.18. The zero-order valence-corrected chi connectivity index (χ0v) is 14.6. The van der Waals surface area contributed by atoms with Gasteiger partial charge >= 0.3 is 0 Å². The molecule has 2 aromatic rings. The third-order valence-electron chi connectivity index (χ3n) is 4.45. The highest BCUT2D eigenvalue weighted by atomic mass is 16.5. The fourth-order valence-electron chi connectivity index (χ4n) is 3.01. The van der Waals surface area contributed by atoms with Crippen LogP contribution in [0.25, 0.3) is 0 Å². The third-order valence-corrected chi connectivity index (χ3v) is 4.45. The molecule has 1 saturated heterocycles. The summed E-state index contributed by atoms with van der Waals surface area (Å²) >= 11 is 0. The van der Waals surface area contributed by atoms with Crippen LogP contribution >= 0.6 is 0 Å². The Bertz CT molecular complexity index is 682. The Morgan fingerprint density at radius 1 is 1.00 bits per heavy atom. The minimum atomic E-state index is -0.150. The predicted molar refractivity (Wildman–Crippen MR) is 101 cm³/mol. The maximum atomic E-state index is 12.3. The molecule has 3 rings (SSSR count). The molecule has 0 unspecified atom stereocenters. The van der Waals surface area contributed by atoms with Gasteiger partial charge in [-0.1, -0.05) is 37.3 Å². The first-order chi connectivity index (χ1) is 12.3. The van der Waals surface area contributed by atoms with Gasteiger partial charge in [0.25, 0.3) is 5.91 Å².